The molecule has 1 N–H and O–H groups in total. The monoisotopic (exact) mass is 330 g/mol. The van der Waals surface area contributed by atoms with Gasteiger partial charge in [-0.1, -0.05) is 30.3 Å². The lowest BCUT2D eigenvalue weighted by molar-refractivity contribution is 0.0492. The summed E-state index contributed by atoms with van der Waals surface area (Å²) in [4.78, 5) is 14.7. The first-order valence-electron chi connectivity index (χ1n) is 9.06. The largest absolute Gasteiger partial charge is 0.444 e. The van der Waals surface area contributed by atoms with Gasteiger partial charge in [0.2, 0.25) is 0 Å². The summed E-state index contributed by atoms with van der Waals surface area (Å²) in [7, 11) is 0. The molecule has 4 nitrogen and oxygen atoms in total. The summed E-state index contributed by atoms with van der Waals surface area (Å²) < 4.78 is 5.39. The molecule has 1 aromatic rings. The summed E-state index contributed by atoms with van der Waals surface area (Å²) in [5, 5.41) is 3.04. The molecule has 1 aliphatic heterocycles. The van der Waals surface area contributed by atoms with Gasteiger partial charge in [0.25, 0.3) is 0 Å². The van der Waals surface area contributed by atoms with E-state index in [2.05, 4.69) is 47.5 Å². The minimum atomic E-state index is -0.448. The number of hydrogen-bond donors (Lipinski definition) is 1. The highest BCUT2D eigenvalue weighted by molar-refractivity contribution is 5.68. The van der Waals surface area contributed by atoms with E-state index in [0.717, 1.165) is 13.1 Å². The van der Waals surface area contributed by atoms with Crippen molar-refractivity contribution in [2.75, 3.05) is 6.54 Å². The molecule has 0 bridgehead atoms. The number of likely N-dealkylation sites (tertiary alicyclic amines) is 1. The van der Waals surface area contributed by atoms with Crippen molar-refractivity contribution >= 4 is 6.09 Å². The van der Waals surface area contributed by atoms with E-state index in [-0.39, 0.29) is 12.1 Å². The van der Waals surface area contributed by atoms with Crippen LogP contribution in [0.5, 0.6) is 0 Å². The number of ether oxygens (including phenoxy) is 1. The normalized spacial score (nSPS) is 23.9. The van der Waals surface area contributed by atoms with Crippen LogP contribution in [0.25, 0.3) is 0 Å². The van der Waals surface area contributed by atoms with Crippen molar-refractivity contribution in [2.24, 2.45) is 5.92 Å². The number of alkyl carbamates (subject to hydrolysis) is 1. The highest BCUT2D eigenvalue weighted by Gasteiger charge is 2.54. The lowest BCUT2D eigenvalue weighted by Gasteiger charge is -2.25. The molecule has 132 valence electrons. The molecular formula is C20H30N2O2. The molecular weight excluding hydrogens is 300 g/mol. The van der Waals surface area contributed by atoms with Crippen molar-refractivity contribution in [2.45, 2.75) is 70.7 Å². The number of nitrogens with zero attached hydrogens (tertiary/aromatic N) is 1. The third-order valence-electron chi connectivity index (χ3n) is 5.26. The van der Waals surface area contributed by atoms with Crippen LogP contribution in [0.15, 0.2) is 30.3 Å². The third-order valence-corrected chi connectivity index (χ3v) is 5.26. The predicted octanol–water partition coefficient (Wildman–Crippen LogP) is 3.95. The average molecular weight is 330 g/mol. The second kappa shape index (κ2) is 6.40. The maximum atomic E-state index is 12.0. The van der Waals surface area contributed by atoms with Crippen LogP contribution in [0.3, 0.4) is 0 Å². The molecule has 3 rings (SSSR count). The topological polar surface area (TPSA) is 41.6 Å². The number of benzene rings is 1. The molecule has 1 spiro atoms. The zero-order valence-corrected chi connectivity index (χ0v) is 15.3. The molecule has 2 atom stereocenters. The summed E-state index contributed by atoms with van der Waals surface area (Å²) in [6.45, 7) is 9.86. The van der Waals surface area contributed by atoms with E-state index in [4.69, 9.17) is 4.74 Å². The molecule has 1 saturated carbocycles. The molecule has 24 heavy (non-hydrogen) atoms. The Labute approximate surface area is 145 Å². The number of carbonyl (C=O) groups excluding carboxylic acids is 1. The van der Waals surface area contributed by atoms with E-state index in [9.17, 15) is 4.79 Å². The van der Waals surface area contributed by atoms with Crippen LogP contribution in [-0.2, 0) is 11.3 Å². The predicted molar refractivity (Wildman–Crippen MR) is 95.8 cm³/mol. The number of hydrogen-bond acceptors (Lipinski definition) is 3. The van der Waals surface area contributed by atoms with Crippen LogP contribution in [0, 0.1) is 5.92 Å². The van der Waals surface area contributed by atoms with Crippen LogP contribution in [0.1, 0.15) is 52.5 Å². The molecule has 1 heterocycles. The van der Waals surface area contributed by atoms with Crippen molar-refractivity contribution < 1.29 is 9.53 Å². The van der Waals surface area contributed by atoms with E-state index in [0.29, 0.717) is 11.5 Å². The lowest BCUT2D eigenvalue weighted by Crippen LogP contribution is -2.42. The smallest absolute Gasteiger partial charge is 0.407 e. The molecule has 1 aromatic carbocycles. The zero-order chi connectivity index (χ0) is 17.4. The fourth-order valence-corrected chi connectivity index (χ4v) is 3.81. The Kier molecular flexibility index (Phi) is 4.60. The quantitative estimate of drug-likeness (QED) is 0.909. The van der Waals surface area contributed by atoms with Crippen LogP contribution >= 0.6 is 0 Å². The lowest BCUT2D eigenvalue weighted by atomic mass is 9.97. The third kappa shape index (κ3) is 4.10. The Bertz CT molecular complexity index is 575. The summed E-state index contributed by atoms with van der Waals surface area (Å²) in [5.74, 6) is 0.490. The maximum Gasteiger partial charge on any atom is 0.407 e. The Morgan fingerprint density at radius 1 is 1.33 bits per heavy atom. The van der Waals surface area contributed by atoms with Crippen LogP contribution in [0.2, 0.25) is 0 Å². The highest BCUT2D eigenvalue weighted by Crippen LogP contribution is 2.52. The minimum absolute atomic E-state index is 0.137. The van der Waals surface area contributed by atoms with Gasteiger partial charge in [-0.25, -0.2) is 4.79 Å². The van der Waals surface area contributed by atoms with Gasteiger partial charge in [0, 0.05) is 24.7 Å². The first-order chi connectivity index (χ1) is 11.3. The van der Waals surface area contributed by atoms with Crippen molar-refractivity contribution in [3.63, 3.8) is 0 Å². The number of amides is 1. The standard InChI is InChI=1S/C20H30N2O2/c1-15(21-18(23)24-19(2,3)4)17-12-20(10-11-20)22(14-17)13-16-8-6-5-7-9-16/h5-9,15,17H,10-14H2,1-4H3,(H,21,23)/t15-,17+/m0/s1. The van der Waals surface area contributed by atoms with Crippen LogP contribution in [0.4, 0.5) is 4.79 Å². The summed E-state index contributed by atoms with van der Waals surface area (Å²) >= 11 is 0. The summed E-state index contributed by atoms with van der Waals surface area (Å²) in [6.07, 6.45) is 3.45. The molecule has 1 aliphatic carbocycles. The Balaban J connectivity index is 1.57. The number of nitrogens with one attached hydrogen (secondary N) is 1. The molecule has 0 aromatic heterocycles. The van der Waals surface area contributed by atoms with Crippen LogP contribution < -0.4 is 5.32 Å². The van der Waals surface area contributed by atoms with E-state index < -0.39 is 5.60 Å². The van der Waals surface area contributed by atoms with Crippen molar-refractivity contribution in [1.29, 1.82) is 0 Å². The minimum Gasteiger partial charge on any atom is -0.444 e. The summed E-state index contributed by atoms with van der Waals surface area (Å²) in [5.41, 5.74) is 1.30. The molecule has 2 aliphatic rings. The van der Waals surface area contributed by atoms with E-state index >= 15 is 0 Å². The molecule has 1 saturated heterocycles. The SMILES string of the molecule is C[C@H](NC(=O)OC(C)(C)C)[C@H]1CN(Cc2ccccc2)C2(CC2)C1. The van der Waals surface area contributed by atoms with Gasteiger partial charge in [-0.15, -0.1) is 0 Å². The Morgan fingerprint density at radius 2 is 2.00 bits per heavy atom. The first-order valence-corrected chi connectivity index (χ1v) is 9.06. The van der Waals surface area contributed by atoms with Gasteiger partial charge in [-0.05, 0) is 58.4 Å². The first kappa shape index (κ1) is 17.3. The molecule has 0 radical (unpaired) electrons. The number of carbonyl (C=O) groups is 1. The maximum absolute atomic E-state index is 12.0. The van der Waals surface area contributed by atoms with Crippen molar-refractivity contribution in [1.82, 2.24) is 10.2 Å². The second-order valence-corrected chi connectivity index (χ2v) is 8.49. The highest BCUT2D eigenvalue weighted by atomic mass is 16.6. The van der Waals surface area contributed by atoms with Crippen LogP contribution in [-0.4, -0.2) is 34.7 Å². The second-order valence-electron chi connectivity index (χ2n) is 8.49. The average Bonchev–Trinajstić information content (AvgIpc) is 3.16. The van der Waals surface area contributed by atoms with Gasteiger partial charge in [0.15, 0.2) is 0 Å². The van der Waals surface area contributed by atoms with E-state index in [1.54, 1.807) is 0 Å². The fraction of sp³-hybridized carbons (Fsp3) is 0.650. The van der Waals surface area contributed by atoms with Gasteiger partial charge >= 0.3 is 6.09 Å². The van der Waals surface area contributed by atoms with Gasteiger partial charge in [0.05, 0.1) is 0 Å². The Morgan fingerprint density at radius 3 is 2.58 bits per heavy atom. The number of rotatable bonds is 4. The van der Waals surface area contributed by atoms with Gasteiger partial charge in [-0.2, -0.15) is 0 Å². The van der Waals surface area contributed by atoms with Gasteiger partial charge in [-0.3, -0.25) is 4.90 Å². The van der Waals surface area contributed by atoms with Crippen molar-refractivity contribution in [3.8, 4) is 0 Å². The summed E-state index contributed by atoms with van der Waals surface area (Å²) in [6, 6.07) is 10.8. The van der Waals surface area contributed by atoms with Gasteiger partial charge in [0.1, 0.15) is 5.60 Å². The molecule has 0 unspecified atom stereocenters. The molecule has 4 heteroatoms. The fourth-order valence-electron chi connectivity index (χ4n) is 3.81. The zero-order valence-electron chi connectivity index (χ0n) is 15.3. The van der Waals surface area contributed by atoms with Crippen molar-refractivity contribution in [3.05, 3.63) is 35.9 Å². The molecule has 1 amide bonds. The van der Waals surface area contributed by atoms with E-state index in [1.165, 1.54) is 24.8 Å². The molecule has 2 fully saturated rings. The Hall–Kier alpha value is -1.55. The van der Waals surface area contributed by atoms with E-state index in [1.807, 2.05) is 20.8 Å². The van der Waals surface area contributed by atoms with Gasteiger partial charge < -0.3 is 10.1 Å².